The van der Waals surface area contributed by atoms with Crippen LogP contribution >= 0.6 is 0 Å². The molecule has 0 radical (unpaired) electrons. The number of nitrogens with zero attached hydrogens (tertiary/aromatic N) is 4. The van der Waals surface area contributed by atoms with Gasteiger partial charge in [-0.25, -0.2) is 0 Å². The van der Waals surface area contributed by atoms with Gasteiger partial charge in [-0.15, -0.1) is 10.2 Å². The third kappa shape index (κ3) is 2.32. The van der Waals surface area contributed by atoms with Gasteiger partial charge < -0.3 is 5.73 Å². The fraction of sp³-hybridized carbons (Fsp3) is 0. The van der Waals surface area contributed by atoms with E-state index in [0.717, 1.165) is 5.69 Å². The first kappa shape index (κ1) is 12.8. The molecule has 1 aromatic heterocycles. The highest BCUT2D eigenvalue weighted by molar-refractivity contribution is 5.74. The summed E-state index contributed by atoms with van der Waals surface area (Å²) in [7, 11) is 0. The van der Waals surface area contributed by atoms with Crippen LogP contribution in [0.5, 0.6) is 0 Å². The van der Waals surface area contributed by atoms with E-state index < -0.39 is 4.92 Å². The van der Waals surface area contributed by atoms with Gasteiger partial charge in [0, 0.05) is 29.1 Å². The van der Waals surface area contributed by atoms with Gasteiger partial charge >= 0.3 is 0 Å². The van der Waals surface area contributed by atoms with E-state index in [2.05, 4.69) is 10.2 Å². The molecule has 0 atom stereocenters. The van der Waals surface area contributed by atoms with Crippen molar-refractivity contribution >= 4 is 11.4 Å². The van der Waals surface area contributed by atoms with Gasteiger partial charge in [0.05, 0.1) is 4.92 Å². The maximum Gasteiger partial charge on any atom is 0.271 e. The van der Waals surface area contributed by atoms with Crippen molar-refractivity contribution in [3.8, 4) is 17.1 Å². The molecule has 1 heterocycles. The quantitative estimate of drug-likeness (QED) is 0.451. The minimum Gasteiger partial charge on any atom is -0.398 e. The molecule has 2 N–H and O–H groups in total. The number of nitrogens with two attached hydrogens (primary N) is 1. The Morgan fingerprint density at radius 3 is 2.57 bits per heavy atom. The average Bonchev–Trinajstić information content (AvgIpc) is 2.97. The van der Waals surface area contributed by atoms with E-state index in [4.69, 9.17) is 5.73 Å². The van der Waals surface area contributed by atoms with Crippen LogP contribution in [0.25, 0.3) is 17.1 Å². The standard InChI is InChI=1S/C14H11N5O2/c15-13-8-11(19(20)21)6-7-12(13)14-17-16-9-18(14)10-4-2-1-3-5-10/h1-9H,15H2. The molecule has 0 saturated carbocycles. The fourth-order valence-corrected chi connectivity index (χ4v) is 2.06. The molecule has 7 nitrogen and oxygen atoms in total. The van der Waals surface area contributed by atoms with Gasteiger partial charge in [-0.05, 0) is 18.2 Å². The van der Waals surface area contributed by atoms with Crippen LogP contribution in [0.4, 0.5) is 11.4 Å². The van der Waals surface area contributed by atoms with Crippen LogP contribution in [0.1, 0.15) is 0 Å². The number of nitrogen functional groups attached to an aromatic ring is 1. The molecule has 0 saturated heterocycles. The molecule has 0 unspecified atom stereocenters. The van der Waals surface area contributed by atoms with Crippen LogP contribution in [0.2, 0.25) is 0 Å². The lowest BCUT2D eigenvalue weighted by Gasteiger charge is -2.08. The van der Waals surface area contributed by atoms with Crippen molar-refractivity contribution in [1.29, 1.82) is 0 Å². The number of non-ortho nitro benzene ring substituents is 1. The topological polar surface area (TPSA) is 99.9 Å². The molecule has 3 rings (SSSR count). The fourth-order valence-electron chi connectivity index (χ4n) is 2.06. The summed E-state index contributed by atoms with van der Waals surface area (Å²) in [6.07, 6.45) is 1.57. The summed E-state index contributed by atoms with van der Waals surface area (Å²) in [5, 5.41) is 18.7. The number of hydrogen-bond donors (Lipinski definition) is 1. The highest BCUT2D eigenvalue weighted by Gasteiger charge is 2.15. The van der Waals surface area contributed by atoms with E-state index in [-0.39, 0.29) is 11.4 Å². The van der Waals surface area contributed by atoms with Crippen molar-refractivity contribution in [1.82, 2.24) is 14.8 Å². The summed E-state index contributed by atoms with van der Waals surface area (Å²) in [5.41, 5.74) is 7.63. The van der Waals surface area contributed by atoms with Gasteiger partial charge in [0.15, 0.2) is 5.82 Å². The summed E-state index contributed by atoms with van der Waals surface area (Å²) in [6.45, 7) is 0. The van der Waals surface area contributed by atoms with E-state index in [1.54, 1.807) is 17.0 Å². The lowest BCUT2D eigenvalue weighted by atomic mass is 10.1. The zero-order chi connectivity index (χ0) is 14.8. The minimum absolute atomic E-state index is 0.0537. The maximum atomic E-state index is 10.8. The van der Waals surface area contributed by atoms with Gasteiger partial charge in [0.2, 0.25) is 0 Å². The Hall–Kier alpha value is -3.22. The van der Waals surface area contributed by atoms with Crippen molar-refractivity contribution in [2.24, 2.45) is 0 Å². The third-order valence-corrected chi connectivity index (χ3v) is 3.07. The largest absolute Gasteiger partial charge is 0.398 e. The summed E-state index contributed by atoms with van der Waals surface area (Å²) in [5.74, 6) is 0.536. The predicted molar refractivity (Wildman–Crippen MR) is 77.9 cm³/mol. The lowest BCUT2D eigenvalue weighted by Crippen LogP contribution is -2.00. The molecule has 2 aromatic carbocycles. The normalized spacial score (nSPS) is 10.5. The highest BCUT2D eigenvalue weighted by atomic mass is 16.6. The zero-order valence-corrected chi connectivity index (χ0v) is 10.9. The molecule has 21 heavy (non-hydrogen) atoms. The Labute approximate surface area is 119 Å². The number of rotatable bonds is 3. The van der Waals surface area contributed by atoms with Crippen LogP contribution in [0.15, 0.2) is 54.9 Å². The van der Waals surface area contributed by atoms with Gasteiger partial charge in [-0.3, -0.25) is 14.7 Å². The molecule has 0 amide bonds. The molecular weight excluding hydrogens is 270 g/mol. The molecule has 0 aliphatic rings. The van der Waals surface area contributed by atoms with Gasteiger partial charge in [-0.1, -0.05) is 18.2 Å². The highest BCUT2D eigenvalue weighted by Crippen LogP contribution is 2.29. The SMILES string of the molecule is Nc1cc([N+](=O)[O-])ccc1-c1nncn1-c1ccccc1. The van der Waals surface area contributed by atoms with E-state index in [1.807, 2.05) is 30.3 Å². The first-order valence-corrected chi connectivity index (χ1v) is 6.16. The summed E-state index contributed by atoms with van der Waals surface area (Å²) in [6, 6.07) is 13.8. The minimum atomic E-state index is -0.484. The molecule has 0 bridgehead atoms. The lowest BCUT2D eigenvalue weighted by molar-refractivity contribution is -0.384. The van der Waals surface area contributed by atoms with Crippen molar-refractivity contribution < 1.29 is 4.92 Å². The number of hydrogen-bond acceptors (Lipinski definition) is 5. The van der Waals surface area contributed by atoms with Crippen LogP contribution < -0.4 is 5.73 Å². The second-order valence-electron chi connectivity index (χ2n) is 4.39. The summed E-state index contributed by atoms with van der Waals surface area (Å²) in [4.78, 5) is 10.3. The Morgan fingerprint density at radius 2 is 1.90 bits per heavy atom. The first-order chi connectivity index (χ1) is 10.2. The predicted octanol–water partition coefficient (Wildman–Crippen LogP) is 2.42. The van der Waals surface area contributed by atoms with Crippen LogP contribution in [0, 0.1) is 10.1 Å². The number of para-hydroxylation sites is 1. The number of benzene rings is 2. The molecule has 104 valence electrons. The van der Waals surface area contributed by atoms with Crippen molar-refractivity contribution in [3.63, 3.8) is 0 Å². The monoisotopic (exact) mass is 281 g/mol. The summed E-state index contributed by atoms with van der Waals surface area (Å²) >= 11 is 0. The molecular formula is C14H11N5O2. The first-order valence-electron chi connectivity index (χ1n) is 6.16. The van der Waals surface area contributed by atoms with Gasteiger partial charge in [0.1, 0.15) is 6.33 Å². The molecule has 0 fully saturated rings. The van der Waals surface area contributed by atoms with E-state index >= 15 is 0 Å². The van der Waals surface area contributed by atoms with E-state index in [1.165, 1.54) is 12.1 Å². The van der Waals surface area contributed by atoms with Crippen molar-refractivity contribution in [2.75, 3.05) is 5.73 Å². The third-order valence-electron chi connectivity index (χ3n) is 3.07. The second kappa shape index (κ2) is 5.04. The second-order valence-corrected chi connectivity index (χ2v) is 4.39. The maximum absolute atomic E-state index is 10.8. The number of nitro groups is 1. The Balaban J connectivity index is 2.11. The van der Waals surface area contributed by atoms with Crippen LogP contribution in [-0.2, 0) is 0 Å². The number of anilines is 1. The van der Waals surface area contributed by atoms with Gasteiger partial charge in [0.25, 0.3) is 5.69 Å². The van der Waals surface area contributed by atoms with Crippen molar-refractivity contribution in [2.45, 2.75) is 0 Å². The number of aromatic nitrogens is 3. The molecule has 7 heteroatoms. The van der Waals surface area contributed by atoms with Crippen LogP contribution in [-0.4, -0.2) is 19.7 Å². The Kier molecular flexibility index (Phi) is 3.07. The number of nitro benzene ring substituents is 1. The average molecular weight is 281 g/mol. The Bertz CT molecular complexity index is 798. The zero-order valence-electron chi connectivity index (χ0n) is 10.9. The van der Waals surface area contributed by atoms with E-state index in [0.29, 0.717) is 11.4 Å². The molecule has 0 aliphatic carbocycles. The van der Waals surface area contributed by atoms with Crippen LogP contribution in [0.3, 0.4) is 0 Å². The van der Waals surface area contributed by atoms with E-state index in [9.17, 15) is 10.1 Å². The Morgan fingerprint density at radius 1 is 1.14 bits per heavy atom. The molecule has 0 aliphatic heterocycles. The molecule has 3 aromatic rings. The van der Waals surface area contributed by atoms with Crippen molar-refractivity contribution in [3.05, 3.63) is 65.0 Å². The molecule has 0 spiro atoms. The smallest absolute Gasteiger partial charge is 0.271 e. The summed E-state index contributed by atoms with van der Waals surface area (Å²) < 4.78 is 1.78. The van der Waals surface area contributed by atoms with Gasteiger partial charge in [-0.2, -0.15) is 0 Å².